The fraction of sp³-hybridized carbons (Fsp3) is 0.0196. The maximum absolute atomic E-state index is 11.3. The van der Waals surface area contributed by atoms with Crippen molar-refractivity contribution in [3.05, 3.63) is 193 Å². The van der Waals surface area contributed by atoms with E-state index in [-0.39, 0.29) is 27.6 Å². The lowest BCUT2D eigenvalue weighted by molar-refractivity contribution is 0.448. The van der Waals surface area contributed by atoms with Crippen molar-refractivity contribution in [1.82, 2.24) is 0 Å². The van der Waals surface area contributed by atoms with Crippen LogP contribution in [0.25, 0.3) is 49.4 Å². The molecule has 0 amide bonds. The summed E-state index contributed by atoms with van der Waals surface area (Å²) in [6, 6.07) is 52.5. The minimum Gasteiger partial charge on any atom is -0.508 e. The Kier molecular flexibility index (Phi) is 9.67. The minimum atomic E-state index is -0.217. The van der Waals surface area contributed by atoms with Crippen molar-refractivity contribution in [2.75, 3.05) is 4.90 Å². The number of fused-ring (bicyclic) bond motifs is 4. The molecular formula is C51H33B4NO2. The number of ether oxygens (including phenoxy) is 1. The van der Waals surface area contributed by atoms with Crippen molar-refractivity contribution < 1.29 is 9.84 Å². The van der Waals surface area contributed by atoms with E-state index in [1.807, 2.05) is 48.6 Å². The summed E-state index contributed by atoms with van der Waals surface area (Å²) >= 11 is 0. The number of hydrogen-bond donors (Lipinski definition) is 1. The first-order valence-corrected chi connectivity index (χ1v) is 19.0. The molecule has 1 aliphatic rings. The Labute approximate surface area is 344 Å². The SMILES string of the molecule is [B]c1c([B])c([B])c(-c2cc3c(c4ccccc24)OC(=C)/C=C\C(c2ccc(N(c4ccccc4)c4ccc(-c5ccc6ccccc6c5)cc4)cc2)=C/C3)c(O)c1[B]. The molecule has 58 heavy (non-hydrogen) atoms. The van der Waals surface area contributed by atoms with E-state index in [2.05, 4.69) is 133 Å². The van der Waals surface area contributed by atoms with Crippen LogP contribution in [0.5, 0.6) is 11.5 Å². The number of aromatic hydroxyl groups is 1. The fourth-order valence-electron chi connectivity index (χ4n) is 7.82. The molecule has 1 N–H and O–H groups in total. The van der Waals surface area contributed by atoms with Crippen LogP contribution in [0.3, 0.4) is 0 Å². The second-order valence-corrected chi connectivity index (χ2v) is 14.4. The zero-order valence-electron chi connectivity index (χ0n) is 31.7. The maximum Gasteiger partial charge on any atom is 0.138 e. The van der Waals surface area contributed by atoms with Gasteiger partial charge in [0.25, 0.3) is 0 Å². The van der Waals surface area contributed by atoms with E-state index in [4.69, 9.17) is 36.1 Å². The van der Waals surface area contributed by atoms with E-state index in [1.54, 1.807) is 0 Å². The molecule has 3 nitrogen and oxygen atoms in total. The molecule has 7 heteroatoms. The zero-order valence-corrected chi connectivity index (χ0v) is 31.7. The molecule has 0 spiro atoms. The quantitative estimate of drug-likeness (QED) is 0.174. The smallest absolute Gasteiger partial charge is 0.138 e. The number of phenols is 1. The van der Waals surface area contributed by atoms with Crippen LogP contribution in [0.4, 0.5) is 17.1 Å². The van der Waals surface area contributed by atoms with Gasteiger partial charge in [-0.3, -0.25) is 0 Å². The average molecular weight is 735 g/mol. The first kappa shape index (κ1) is 36.8. The average Bonchev–Trinajstić information content (AvgIpc) is 3.34. The first-order chi connectivity index (χ1) is 28.2. The summed E-state index contributed by atoms with van der Waals surface area (Å²) < 4.78 is 6.45. The molecule has 1 aliphatic heterocycles. The molecule has 8 aromatic carbocycles. The van der Waals surface area contributed by atoms with E-state index in [0.717, 1.165) is 50.1 Å². The third-order valence-corrected chi connectivity index (χ3v) is 10.9. The number of phenolic OH excluding ortho intramolecular Hbond substituents is 1. The molecule has 0 atom stereocenters. The zero-order chi connectivity index (χ0) is 39.9. The molecule has 1 heterocycles. The van der Waals surface area contributed by atoms with E-state index >= 15 is 0 Å². The number of hydrogen-bond acceptors (Lipinski definition) is 3. The summed E-state index contributed by atoms with van der Waals surface area (Å²) in [4.78, 5) is 2.26. The highest BCUT2D eigenvalue weighted by molar-refractivity contribution is 6.64. The summed E-state index contributed by atoms with van der Waals surface area (Å²) in [6.07, 6.45) is 6.58. The molecule has 0 saturated carbocycles. The number of benzene rings is 8. The van der Waals surface area contributed by atoms with Crippen molar-refractivity contribution >= 4 is 97.4 Å². The van der Waals surface area contributed by atoms with Crippen LogP contribution in [-0.2, 0) is 6.42 Å². The molecular weight excluding hydrogens is 702 g/mol. The summed E-state index contributed by atoms with van der Waals surface area (Å²) in [5.41, 5.74) is 9.66. The summed E-state index contributed by atoms with van der Waals surface area (Å²) in [5, 5.41) is 15.3. The van der Waals surface area contributed by atoms with Gasteiger partial charge < -0.3 is 14.7 Å². The number of nitrogens with zero attached hydrogens (tertiary/aromatic N) is 1. The van der Waals surface area contributed by atoms with Gasteiger partial charge in [0.05, 0.1) is 0 Å². The van der Waals surface area contributed by atoms with Crippen molar-refractivity contribution in [3.63, 3.8) is 0 Å². The van der Waals surface area contributed by atoms with Crippen LogP contribution in [0.2, 0.25) is 0 Å². The summed E-state index contributed by atoms with van der Waals surface area (Å²) in [6.45, 7) is 4.23. The maximum atomic E-state index is 11.3. The van der Waals surface area contributed by atoms with Gasteiger partial charge in [0.15, 0.2) is 0 Å². The van der Waals surface area contributed by atoms with Gasteiger partial charge in [-0.05, 0) is 111 Å². The number of anilines is 3. The molecule has 0 aromatic heterocycles. The Morgan fingerprint density at radius 2 is 1.12 bits per heavy atom. The number of para-hydroxylation sites is 1. The van der Waals surface area contributed by atoms with Gasteiger partial charge in [-0.15, -0.1) is 10.9 Å². The number of allylic oxidation sites excluding steroid dienone is 4. The third-order valence-electron chi connectivity index (χ3n) is 10.9. The molecule has 0 fully saturated rings. The largest absolute Gasteiger partial charge is 0.508 e. The van der Waals surface area contributed by atoms with Gasteiger partial charge in [0.2, 0.25) is 0 Å². The topological polar surface area (TPSA) is 32.7 Å². The lowest BCUT2D eigenvalue weighted by Gasteiger charge is -2.26. The van der Waals surface area contributed by atoms with Crippen LogP contribution in [0, 0.1) is 0 Å². The fourth-order valence-corrected chi connectivity index (χ4v) is 7.82. The Bertz CT molecular complexity index is 2930. The van der Waals surface area contributed by atoms with Crippen LogP contribution < -0.4 is 31.5 Å². The highest BCUT2D eigenvalue weighted by atomic mass is 16.5. The molecule has 8 radical (unpaired) electrons. The molecule has 0 unspecified atom stereocenters. The molecule has 0 aliphatic carbocycles. The minimum absolute atomic E-state index is 0.0161. The standard InChI is InChI=1S/C51H33B4NO2/c1-31-15-16-33(18-20-38-30-44(42-13-7-8-14-43(42)51(38)58-31)45-46(52)47(53)48(54)49(55)50(45)57)34-21-25-40(26-22-34)56(39-11-3-2-4-12-39)41-27-23-35(24-28-41)37-19-17-32-9-5-6-10-36(32)29-37/h2-19,21-30,57H,1,20H2/b16-15-,33-18+. The van der Waals surface area contributed by atoms with Gasteiger partial charge >= 0.3 is 0 Å². The molecule has 0 saturated heterocycles. The van der Waals surface area contributed by atoms with Crippen molar-refractivity contribution in [2.24, 2.45) is 0 Å². The molecule has 9 rings (SSSR count). The molecule has 0 bridgehead atoms. The highest BCUT2D eigenvalue weighted by Crippen LogP contribution is 2.42. The van der Waals surface area contributed by atoms with Crippen molar-refractivity contribution in [1.29, 1.82) is 0 Å². The van der Waals surface area contributed by atoms with Crippen LogP contribution >= 0.6 is 0 Å². The van der Waals surface area contributed by atoms with E-state index in [9.17, 15) is 5.11 Å². The predicted octanol–water partition coefficient (Wildman–Crippen LogP) is 8.77. The number of rotatable bonds is 6. The van der Waals surface area contributed by atoms with Crippen LogP contribution in [0.15, 0.2) is 182 Å². The van der Waals surface area contributed by atoms with Crippen molar-refractivity contribution in [2.45, 2.75) is 6.42 Å². The summed E-state index contributed by atoms with van der Waals surface area (Å²) in [7, 11) is 25.1. The first-order valence-electron chi connectivity index (χ1n) is 19.0. The van der Waals surface area contributed by atoms with E-state index in [0.29, 0.717) is 29.1 Å². The third kappa shape index (κ3) is 6.73. The Morgan fingerprint density at radius 3 is 1.84 bits per heavy atom. The predicted molar refractivity (Wildman–Crippen MR) is 247 cm³/mol. The van der Waals surface area contributed by atoms with E-state index < -0.39 is 0 Å². The van der Waals surface area contributed by atoms with E-state index in [1.165, 1.54) is 16.3 Å². The lowest BCUT2D eigenvalue weighted by atomic mass is 9.64. The van der Waals surface area contributed by atoms with Gasteiger partial charge in [-0.1, -0.05) is 133 Å². The van der Waals surface area contributed by atoms with Gasteiger partial charge in [-0.2, -0.15) is 0 Å². The normalized spacial score (nSPS) is 14.1. The Balaban J connectivity index is 1.08. The second kappa shape index (κ2) is 15.2. The monoisotopic (exact) mass is 735 g/mol. The molecule has 266 valence electrons. The lowest BCUT2D eigenvalue weighted by Crippen LogP contribution is -2.48. The second-order valence-electron chi connectivity index (χ2n) is 14.4. The Hall–Kier alpha value is -6.84. The summed E-state index contributed by atoms with van der Waals surface area (Å²) in [5.74, 6) is 0.932. The van der Waals surface area contributed by atoms with Gasteiger partial charge in [-0.25, -0.2) is 0 Å². The Morgan fingerprint density at radius 1 is 0.534 bits per heavy atom. The van der Waals surface area contributed by atoms with Crippen molar-refractivity contribution in [3.8, 4) is 33.8 Å². The molecule has 8 aromatic rings. The van der Waals surface area contributed by atoms with Gasteiger partial charge in [0.1, 0.15) is 48.6 Å². The van der Waals surface area contributed by atoms with Gasteiger partial charge in [0, 0.05) is 28.0 Å². The highest BCUT2D eigenvalue weighted by Gasteiger charge is 2.21. The van der Waals surface area contributed by atoms with Crippen LogP contribution in [-0.4, -0.2) is 36.5 Å². The van der Waals surface area contributed by atoms with Crippen LogP contribution in [0.1, 0.15) is 11.1 Å².